The number of allylic oxidation sites excluding steroid dienone is 2. The number of nitrogens with zero attached hydrogens (tertiary/aromatic N) is 2. The van der Waals surface area contributed by atoms with E-state index in [0.717, 1.165) is 23.0 Å². The topological polar surface area (TPSA) is 52.9 Å². The number of esters is 1. The van der Waals surface area contributed by atoms with Gasteiger partial charge in [0.15, 0.2) is 5.75 Å². The van der Waals surface area contributed by atoms with Crippen LogP contribution in [0.25, 0.3) is 16.6 Å². The number of ether oxygens (including phenoxy) is 2. The van der Waals surface area contributed by atoms with E-state index >= 15 is 0 Å². The molecule has 0 N–H and O–H groups in total. The van der Waals surface area contributed by atoms with Gasteiger partial charge in [0.05, 0.1) is 36.5 Å². The van der Waals surface area contributed by atoms with Crippen LogP contribution in [-0.2, 0) is 4.74 Å². The molecule has 0 radical (unpaired) electrons. The Labute approximate surface area is 200 Å². The molecule has 0 bridgehead atoms. The van der Waals surface area contributed by atoms with Crippen molar-refractivity contribution < 1.29 is 32.3 Å². The molecule has 1 aliphatic heterocycles. The summed E-state index contributed by atoms with van der Waals surface area (Å²) in [6, 6.07) is 14.1. The van der Waals surface area contributed by atoms with Crippen molar-refractivity contribution in [2.45, 2.75) is 33.1 Å². The number of hydrogen-bond acceptors (Lipinski definition) is 5. The van der Waals surface area contributed by atoms with Crippen LogP contribution in [0.5, 0.6) is 11.5 Å². The Bertz CT molecular complexity index is 1270. The maximum atomic E-state index is 13.0. The average Bonchev–Trinajstić information content (AvgIpc) is 3.18. The van der Waals surface area contributed by atoms with E-state index in [2.05, 4.69) is 0 Å². The minimum atomic E-state index is -4.47. The van der Waals surface area contributed by atoms with Gasteiger partial charge in [0.2, 0.25) is 0 Å². The quantitative estimate of drug-likeness (QED) is 0.372. The standard InChI is InChI=1S/C26H25F3N2O4/c1-4-33-25(32)24-15-18-14-22(35-30-13-5-6-19(16-30)26(27,28)29)11-12-23(18)31(24)20-7-9-21(10-8-20)34-17(2)3/h5-12,14-17H,4,13H2,1-3H3. The minimum absolute atomic E-state index is 0.0271. The molecule has 0 saturated carbocycles. The first kappa shape index (κ1) is 24.3. The number of rotatable bonds is 7. The van der Waals surface area contributed by atoms with Gasteiger partial charge in [-0.1, -0.05) is 12.2 Å². The van der Waals surface area contributed by atoms with Crippen LogP contribution in [0.15, 0.2) is 72.5 Å². The first-order chi connectivity index (χ1) is 16.7. The van der Waals surface area contributed by atoms with Gasteiger partial charge in [-0.05, 0) is 69.3 Å². The summed E-state index contributed by atoms with van der Waals surface area (Å²) in [5.74, 6) is 0.543. The van der Waals surface area contributed by atoms with Gasteiger partial charge >= 0.3 is 12.1 Å². The van der Waals surface area contributed by atoms with Crippen LogP contribution < -0.4 is 9.57 Å². The number of hydrogen-bond donors (Lipinski definition) is 0. The zero-order valence-corrected chi connectivity index (χ0v) is 19.5. The van der Waals surface area contributed by atoms with Crippen molar-refractivity contribution in [1.82, 2.24) is 9.63 Å². The molecule has 0 unspecified atom stereocenters. The third kappa shape index (κ3) is 5.45. The monoisotopic (exact) mass is 486 g/mol. The van der Waals surface area contributed by atoms with E-state index in [1.807, 2.05) is 38.1 Å². The fraction of sp³-hybridized carbons (Fsp3) is 0.269. The Morgan fingerprint density at radius 3 is 2.43 bits per heavy atom. The summed E-state index contributed by atoms with van der Waals surface area (Å²) in [6.45, 7) is 5.98. The Balaban J connectivity index is 1.69. The second kappa shape index (κ2) is 9.77. The molecule has 0 atom stereocenters. The molecule has 1 aliphatic rings. The highest BCUT2D eigenvalue weighted by atomic mass is 19.4. The third-order valence-corrected chi connectivity index (χ3v) is 5.14. The van der Waals surface area contributed by atoms with Gasteiger partial charge in [-0.25, -0.2) is 9.86 Å². The molecule has 0 amide bonds. The van der Waals surface area contributed by atoms with E-state index in [0.29, 0.717) is 28.1 Å². The lowest BCUT2D eigenvalue weighted by atomic mass is 10.2. The first-order valence-electron chi connectivity index (χ1n) is 11.2. The van der Waals surface area contributed by atoms with Gasteiger partial charge in [-0.15, -0.1) is 0 Å². The zero-order chi connectivity index (χ0) is 25.2. The second-order valence-corrected chi connectivity index (χ2v) is 8.14. The van der Waals surface area contributed by atoms with Crippen LogP contribution >= 0.6 is 0 Å². The first-order valence-corrected chi connectivity index (χ1v) is 11.2. The molecular weight excluding hydrogens is 461 g/mol. The lowest BCUT2D eigenvalue weighted by molar-refractivity contribution is -0.0939. The molecule has 0 aliphatic carbocycles. The highest BCUT2D eigenvalue weighted by molar-refractivity contribution is 5.97. The number of hydroxylamine groups is 2. The summed E-state index contributed by atoms with van der Waals surface area (Å²) in [4.78, 5) is 18.4. The van der Waals surface area contributed by atoms with E-state index in [1.165, 1.54) is 6.08 Å². The van der Waals surface area contributed by atoms with Gasteiger partial charge in [-0.3, -0.25) is 0 Å². The SMILES string of the molecule is CCOC(=O)c1cc2cc(ON3C=C(C(F)(F)F)C=CC3)ccc2n1-c1ccc(OC(C)C)cc1. The lowest BCUT2D eigenvalue weighted by Crippen LogP contribution is -2.27. The molecular formula is C26H25F3N2O4. The molecule has 3 aromatic rings. The van der Waals surface area contributed by atoms with Crippen LogP contribution in [0.1, 0.15) is 31.3 Å². The second-order valence-electron chi connectivity index (χ2n) is 8.14. The Morgan fingerprint density at radius 2 is 1.77 bits per heavy atom. The van der Waals surface area contributed by atoms with Crippen LogP contribution in [0.4, 0.5) is 13.2 Å². The highest BCUT2D eigenvalue weighted by Gasteiger charge is 2.33. The van der Waals surface area contributed by atoms with Crippen molar-refractivity contribution in [2.24, 2.45) is 0 Å². The molecule has 1 aromatic heterocycles. The van der Waals surface area contributed by atoms with E-state index < -0.39 is 17.7 Å². The Hall–Kier alpha value is -3.88. The number of carbonyl (C=O) groups excluding carboxylic acids is 1. The van der Waals surface area contributed by atoms with Crippen molar-refractivity contribution in [3.8, 4) is 17.2 Å². The zero-order valence-electron chi connectivity index (χ0n) is 19.5. The van der Waals surface area contributed by atoms with Gasteiger partial charge in [0, 0.05) is 11.1 Å². The molecule has 2 heterocycles. The minimum Gasteiger partial charge on any atom is -0.491 e. The number of aromatic nitrogens is 1. The number of halogens is 3. The van der Waals surface area contributed by atoms with Gasteiger partial charge in [0.1, 0.15) is 11.4 Å². The fourth-order valence-electron chi connectivity index (χ4n) is 3.73. The Morgan fingerprint density at radius 1 is 1.06 bits per heavy atom. The molecule has 9 heteroatoms. The van der Waals surface area contributed by atoms with E-state index in [9.17, 15) is 18.0 Å². The van der Waals surface area contributed by atoms with Gasteiger partial charge in [-0.2, -0.15) is 13.2 Å². The third-order valence-electron chi connectivity index (χ3n) is 5.14. The number of alkyl halides is 3. The summed E-state index contributed by atoms with van der Waals surface area (Å²) >= 11 is 0. The molecule has 4 rings (SSSR count). The molecule has 184 valence electrons. The van der Waals surface area contributed by atoms with Crippen LogP contribution in [0, 0.1) is 0 Å². The van der Waals surface area contributed by atoms with Crippen molar-refractivity contribution in [1.29, 1.82) is 0 Å². The molecule has 0 spiro atoms. The molecule has 6 nitrogen and oxygen atoms in total. The van der Waals surface area contributed by atoms with Crippen molar-refractivity contribution in [3.05, 3.63) is 78.1 Å². The highest BCUT2D eigenvalue weighted by Crippen LogP contribution is 2.32. The predicted molar refractivity (Wildman–Crippen MR) is 126 cm³/mol. The maximum Gasteiger partial charge on any atom is 0.417 e. The van der Waals surface area contributed by atoms with Crippen molar-refractivity contribution in [2.75, 3.05) is 13.2 Å². The molecule has 0 saturated heterocycles. The number of carbonyl (C=O) groups is 1. The van der Waals surface area contributed by atoms with Gasteiger partial charge < -0.3 is 18.9 Å². The van der Waals surface area contributed by atoms with Crippen LogP contribution in [-0.4, -0.2) is 41.0 Å². The van der Waals surface area contributed by atoms with Gasteiger partial charge in [0.25, 0.3) is 0 Å². The van der Waals surface area contributed by atoms with E-state index in [1.54, 1.807) is 35.8 Å². The lowest BCUT2D eigenvalue weighted by Gasteiger charge is -2.23. The summed E-state index contributed by atoms with van der Waals surface area (Å²) in [5.41, 5.74) is 0.955. The largest absolute Gasteiger partial charge is 0.491 e. The Kier molecular flexibility index (Phi) is 6.77. The number of fused-ring (bicyclic) bond motifs is 1. The average molecular weight is 486 g/mol. The van der Waals surface area contributed by atoms with E-state index in [4.69, 9.17) is 14.3 Å². The van der Waals surface area contributed by atoms with E-state index in [-0.39, 0.29) is 19.3 Å². The van der Waals surface area contributed by atoms with Crippen LogP contribution in [0.2, 0.25) is 0 Å². The maximum absolute atomic E-state index is 13.0. The van der Waals surface area contributed by atoms with Crippen molar-refractivity contribution >= 4 is 16.9 Å². The fourth-order valence-corrected chi connectivity index (χ4v) is 3.73. The predicted octanol–water partition coefficient (Wildman–Crippen LogP) is 6.21. The molecule has 0 fully saturated rings. The summed E-state index contributed by atoms with van der Waals surface area (Å²) in [6.07, 6.45) is -1.13. The van der Waals surface area contributed by atoms with Crippen LogP contribution in [0.3, 0.4) is 0 Å². The normalized spacial score (nSPS) is 13.8. The molecule has 35 heavy (non-hydrogen) atoms. The van der Waals surface area contributed by atoms with Crippen molar-refractivity contribution in [3.63, 3.8) is 0 Å². The smallest absolute Gasteiger partial charge is 0.417 e. The summed E-state index contributed by atoms with van der Waals surface area (Å²) in [5, 5.41) is 1.78. The molecule has 2 aromatic carbocycles. The number of benzene rings is 2. The summed E-state index contributed by atoms with van der Waals surface area (Å²) < 4.78 is 51.8. The summed E-state index contributed by atoms with van der Waals surface area (Å²) in [7, 11) is 0.